The molecule has 0 aliphatic heterocycles. The standard InChI is InChI=1S/C21H21N3O6/c1-12-7-16-14(17(25)8-12)9-15(23-20(29)13-5-3-2-4-6-13)21(30)24(16)11-18(26)22-10-19(27)28/h2-6,9,12H,7-8,10-11H2,1H3,(H,22,26)(H,23,29)(H,27,28). The number of aliphatic carboxylic acids is 1. The van der Waals surface area contributed by atoms with Crippen molar-refractivity contribution >= 4 is 29.3 Å². The first kappa shape index (κ1) is 21.0. The normalized spacial score (nSPS) is 15.2. The molecular weight excluding hydrogens is 390 g/mol. The van der Waals surface area contributed by atoms with E-state index in [1.807, 2.05) is 6.92 Å². The number of carboxylic acids is 1. The Bertz CT molecular complexity index is 1070. The number of ketones is 1. The van der Waals surface area contributed by atoms with Gasteiger partial charge in [0.15, 0.2) is 5.78 Å². The van der Waals surface area contributed by atoms with E-state index in [1.54, 1.807) is 30.3 Å². The van der Waals surface area contributed by atoms with E-state index >= 15 is 0 Å². The number of aromatic nitrogens is 1. The van der Waals surface area contributed by atoms with E-state index in [9.17, 15) is 24.0 Å². The lowest BCUT2D eigenvalue weighted by molar-refractivity contribution is -0.138. The molecule has 0 saturated heterocycles. The molecule has 1 atom stereocenters. The molecule has 0 bridgehead atoms. The second-order valence-electron chi connectivity index (χ2n) is 7.24. The molecule has 0 radical (unpaired) electrons. The van der Waals surface area contributed by atoms with Gasteiger partial charge in [0.05, 0.1) is 0 Å². The molecule has 9 heteroatoms. The molecule has 0 fully saturated rings. The van der Waals surface area contributed by atoms with Crippen molar-refractivity contribution in [1.29, 1.82) is 0 Å². The van der Waals surface area contributed by atoms with Crippen LogP contribution in [-0.4, -0.2) is 39.8 Å². The van der Waals surface area contributed by atoms with Crippen LogP contribution in [-0.2, 0) is 22.6 Å². The van der Waals surface area contributed by atoms with Crippen molar-refractivity contribution in [2.75, 3.05) is 11.9 Å². The lowest BCUT2D eigenvalue weighted by Gasteiger charge is -2.25. The van der Waals surface area contributed by atoms with Crippen molar-refractivity contribution in [3.63, 3.8) is 0 Å². The number of carbonyl (C=O) groups excluding carboxylic acids is 3. The molecule has 1 aromatic carbocycles. The third kappa shape index (κ3) is 4.62. The van der Waals surface area contributed by atoms with Crippen molar-refractivity contribution in [2.45, 2.75) is 26.3 Å². The van der Waals surface area contributed by atoms with E-state index in [1.165, 1.54) is 6.07 Å². The fourth-order valence-electron chi connectivity index (χ4n) is 3.41. The first-order valence-electron chi connectivity index (χ1n) is 9.41. The molecule has 2 amide bonds. The molecule has 1 aliphatic carbocycles. The maximum atomic E-state index is 13.0. The summed E-state index contributed by atoms with van der Waals surface area (Å²) < 4.78 is 1.14. The van der Waals surface area contributed by atoms with Crippen LogP contribution in [0.2, 0.25) is 0 Å². The van der Waals surface area contributed by atoms with Crippen LogP contribution in [0.15, 0.2) is 41.2 Å². The Morgan fingerprint density at radius 2 is 1.83 bits per heavy atom. The van der Waals surface area contributed by atoms with Gasteiger partial charge in [0.2, 0.25) is 5.91 Å². The highest BCUT2D eigenvalue weighted by Crippen LogP contribution is 2.26. The highest BCUT2D eigenvalue weighted by Gasteiger charge is 2.28. The molecule has 0 saturated carbocycles. The summed E-state index contributed by atoms with van der Waals surface area (Å²) in [6, 6.07) is 9.63. The van der Waals surface area contributed by atoms with Crippen LogP contribution in [0.4, 0.5) is 5.69 Å². The number of hydrogen-bond donors (Lipinski definition) is 3. The molecule has 2 aromatic rings. The second kappa shape index (κ2) is 8.73. The topological polar surface area (TPSA) is 135 Å². The van der Waals surface area contributed by atoms with Crippen LogP contribution in [0.25, 0.3) is 0 Å². The maximum Gasteiger partial charge on any atom is 0.322 e. The summed E-state index contributed by atoms with van der Waals surface area (Å²) in [7, 11) is 0. The Labute approximate surface area is 171 Å². The van der Waals surface area contributed by atoms with Gasteiger partial charge < -0.3 is 20.3 Å². The number of pyridine rings is 1. The summed E-state index contributed by atoms with van der Waals surface area (Å²) in [5.41, 5.74) is 0.274. The number of carbonyl (C=O) groups is 4. The molecule has 156 valence electrons. The van der Waals surface area contributed by atoms with E-state index in [4.69, 9.17) is 5.11 Å². The SMILES string of the molecule is CC1CC(=O)c2cc(NC(=O)c3ccccc3)c(=O)n(CC(=O)NCC(=O)O)c2C1. The molecular formula is C21H21N3O6. The minimum absolute atomic E-state index is 0.0116. The predicted molar refractivity (Wildman–Crippen MR) is 108 cm³/mol. The smallest absolute Gasteiger partial charge is 0.322 e. The van der Waals surface area contributed by atoms with Gasteiger partial charge in [-0.25, -0.2) is 0 Å². The number of benzene rings is 1. The quantitative estimate of drug-likeness (QED) is 0.651. The fraction of sp³-hybridized carbons (Fsp3) is 0.286. The van der Waals surface area contributed by atoms with Gasteiger partial charge in [-0.1, -0.05) is 25.1 Å². The molecule has 1 unspecified atom stereocenters. The Balaban J connectivity index is 2.00. The Kier molecular flexibility index (Phi) is 6.10. The molecule has 3 rings (SSSR count). The zero-order valence-corrected chi connectivity index (χ0v) is 16.3. The average molecular weight is 411 g/mol. The molecule has 3 N–H and O–H groups in total. The number of carboxylic acid groups (broad SMARTS) is 1. The zero-order chi connectivity index (χ0) is 21.8. The van der Waals surface area contributed by atoms with Crippen LogP contribution in [0.5, 0.6) is 0 Å². The minimum atomic E-state index is -1.22. The Morgan fingerprint density at radius 1 is 1.13 bits per heavy atom. The van der Waals surface area contributed by atoms with Crippen LogP contribution >= 0.6 is 0 Å². The number of fused-ring (bicyclic) bond motifs is 1. The van der Waals surface area contributed by atoms with E-state index in [-0.39, 0.29) is 23.0 Å². The summed E-state index contributed by atoms with van der Waals surface area (Å²) >= 11 is 0. The summed E-state index contributed by atoms with van der Waals surface area (Å²) in [5.74, 6) is -2.61. The number of Topliss-reactive ketones (excluding diaryl/α,β-unsaturated/α-hetero) is 1. The first-order chi connectivity index (χ1) is 14.3. The summed E-state index contributed by atoms with van der Waals surface area (Å²) in [6.45, 7) is 0.824. The van der Waals surface area contributed by atoms with Gasteiger partial charge in [-0.05, 0) is 30.5 Å². The van der Waals surface area contributed by atoms with Crippen LogP contribution in [0.1, 0.15) is 39.8 Å². The predicted octanol–water partition coefficient (Wildman–Crippen LogP) is 1.07. The molecule has 1 heterocycles. The van der Waals surface area contributed by atoms with Gasteiger partial charge >= 0.3 is 5.97 Å². The van der Waals surface area contributed by atoms with E-state index in [0.717, 1.165) is 4.57 Å². The number of rotatable bonds is 6. The van der Waals surface area contributed by atoms with Gasteiger partial charge in [0.25, 0.3) is 11.5 Å². The highest BCUT2D eigenvalue weighted by molar-refractivity contribution is 6.05. The Hall–Kier alpha value is -3.75. The van der Waals surface area contributed by atoms with Crippen molar-refractivity contribution in [3.05, 3.63) is 63.6 Å². The van der Waals surface area contributed by atoms with Gasteiger partial charge in [0, 0.05) is 23.2 Å². The van der Waals surface area contributed by atoms with Crippen LogP contribution < -0.4 is 16.2 Å². The molecule has 9 nitrogen and oxygen atoms in total. The van der Waals surface area contributed by atoms with Crippen molar-refractivity contribution < 1.29 is 24.3 Å². The third-order valence-electron chi connectivity index (χ3n) is 4.80. The van der Waals surface area contributed by atoms with Gasteiger partial charge in [-0.2, -0.15) is 0 Å². The number of amides is 2. The summed E-state index contributed by atoms with van der Waals surface area (Å²) in [6.07, 6.45) is 0.706. The lowest BCUT2D eigenvalue weighted by Crippen LogP contribution is -2.39. The third-order valence-corrected chi connectivity index (χ3v) is 4.80. The van der Waals surface area contributed by atoms with E-state index in [2.05, 4.69) is 10.6 Å². The van der Waals surface area contributed by atoms with Crippen molar-refractivity contribution in [2.24, 2.45) is 5.92 Å². The monoisotopic (exact) mass is 411 g/mol. The molecule has 1 aromatic heterocycles. The van der Waals surface area contributed by atoms with Crippen LogP contribution in [0, 0.1) is 5.92 Å². The van der Waals surface area contributed by atoms with Gasteiger partial charge in [0.1, 0.15) is 18.8 Å². The van der Waals surface area contributed by atoms with Crippen LogP contribution in [0.3, 0.4) is 0 Å². The average Bonchev–Trinajstić information content (AvgIpc) is 2.70. The largest absolute Gasteiger partial charge is 0.480 e. The van der Waals surface area contributed by atoms with Gasteiger partial charge in [-0.15, -0.1) is 0 Å². The second-order valence-corrected chi connectivity index (χ2v) is 7.24. The summed E-state index contributed by atoms with van der Waals surface area (Å²) in [4.78, 5) is 60.9. The Morgan fingerprint density at radius 3 is 2.50 bits per heavy atom. The number of anilines is 1. The van der Waals surface area contributed by atoms with Crippen molar-refractivity contribution in [3.8, 4) is 0 Å². The van der Waals surface area contributed by atoms with Gasteiger partial charge in [-0.3, -0.25) is 24.0 Å². The zero-order valence-electron chi connectivity index (χ0n) is 16.3. The molecule has 1 aliphatic rings. The van der Waals surface area contributed by atoms with E-state index in [0.29, 0.717) is 24.1 Å². The first-order valence-corrected chi connectivity index (χ1v) is 9.41. The van der Waals surface area contributed by atoms with E-state index < -0.39 is 36.4 Å². The number of hydrogen-bond acceptors (Lipinski definition) is 5. The minimum Gasteiger partial charge on any atom is -0.480 e. The summed E-state index contributed by atoms with van der Waals surface area (Å²) in [5, 5.41) is 13.4. The molecule has 30 heavy (non-hydrogen) atoms. The number of nitrogens with zero attached hydrogens (tertiary/aromatic N) is 1. The molecule has 0 spiro atoms. The van der Waals surface area contributed by atoms with Crippen molar-refractivity contribution in [1.82, 2.24) is 9.88 Å². The number of nitrogens with one attached hydrogen (secondary N) is 2. The fourth-order valence-corrected chi connectivity index (χ4v) is 3.41. The maximum absolute atomic E-state index is 13.0. The lowest BCUT2D eigenvalue weighted by atomic mass is 9.86. The highest BCUT2D eigenvalue weighted by atomic mass is 16.4.